The minimum Gasteiger partial charge on any atom is -0.503 e. The molecule has 1 amide bonds. The molecule has 0 saturated carbocycles. The molecule has 1 unspecified atom stereocenters. The molecule has 8 heteroatoms. The maximum absolute atomic E-state index is 13.4. The Labute approximate surface area is 216 Å². The maximum Gasteiger partial charge on any atom is 0.290 e. The van der Waals surface area contributed by atoms with Gasteiger partial charge in [0.05, 0.1) is 24.5 Å². The number of ketones is 1. The first-order valence-electron chi connectivity index (χ1n) is 12.3. The van der Waals surface area contributed by atoms with Crippen LogP contribution < -0.4 is 9.47 Å². The van der Waals surface area contributed by atoms with Gasteiger partial charge in [-0.3, -0.25) is 9.59 Å². The van der Waals surface area contributed by atoms with Gasteiger partial charge < -0.3 is 28.8 Å². The summed E-state index contributed by atoms with van der Waals surface area (Å²) in [6, 6.07) is 17.5. The number of aliphatic hydroxyl groups excluding tert-OH is 1. The first-order chi connectivity index (χ1) is 17.9. The Hall–Kier alpha value is -4.04. The van der Waals surface area contributed by atoms with Gasteiger partial charge in [-0.15, -0.1) is 0 Å². The Bertz CT molecular complexity index is 1250. The summed E-state index contributed by atoms with van der Waals surface area (Å²) < 4.78 is 17.2. The lowest BCUT2D eigenvalue weighted by Crippen LogP contribution is -2.33. The molecule has 2 aromatic carbocycles. The van der Waals surface area contributed by atoms with Crippen molar-refractivity contribution in [2.45, 2.75) is 26.0 Å². The van der Waals surface area contributed by atoms with E-state index < -0.39 is 23.5 Å². The molecule has 0 fully saturated rings. The highest BCUT2D eigenvalue weighted by Crippen LogP contribution is 2.42. The molecule has 0 aliphatic carbocycles. The molecule has 0 spiro atoms. The van der Waals surface area contributed by atoms with E-state index in [1.807, 2.05) is 56.3 Å². The van der Waals surface area contributed by atoms with Gasteiger partial charge in [-0.1, -0.05) is 36.4 Å². The molecule has 1 atom stereocenters. The molecule has 37 heavy (non-hydrogen) atoms. The standard InChI is InChI=1S/C29H32N2O6/c1-4-35-24-18-21(13-14-22(24)37-19-20-10-6-5-7-11-20)26-25(27(32)23-12-8-17-36-23)28(33)29(34)31(26)16-9-15-30(2)3/h5-8,10-14,17-18,26,33H,4,9,15-16,19H2,1-3H3. The maximum atomic E-state index is 13.4. The highest BCUT2D eigenvalue weighted by Gasteiger charge is 2.44. The highest BCUT2D eigenvalue weighted by molar-refractivity contribution is 6.15. The zero-order valence-corrected chi connectivity index (χ0v) is 21.3. The van der Waals surface area contributed by atoms with Crippen molar-refractivity contribution in [3.05, 3.63) is 95.1 Å². The lowest BCUT2D eigenvalue weighted by atomic mass is 9.94. The summed E-state index contributed by atoms with van der Waals surface area (Å²) in [6.07, 6.45) is 2.05. The Balaban J connectivity index is 1.69. The normalized spacial score (nSPS) is 15.5. The smallest absolute Gasteiger partial charge is 0.290 e. The van der Waals surface area contributed by atoms with Crippen LogP contribution in [0, 0.1) is 0 Å². The minimum absolute atomic E-state index is 0.00907. The van der Waals surface area contributed by atoms with E-state index in [1.165, 1.54) is 17.2 Å². The van der Waals surface area contributed by atoms with Crippen LogP contribution >= 0.6 is 0 Å². The summed E-state index contributed by atoms with van der Waals surface area (Å²) in [5.74, 6) is -0.571. The van der Waals surface area contributed by atoms with Crippen molar-refractivity contribution in [3.8, 4) is 11.5 Å². The van der Waals surface area contributed by atoms with E-state index in [9.17, 15) is 14.7 Å². The number of ether oxygens (including phenoxy) is 2. The molecular weight excluding hydrogens is 472 g/mol. The zero-order chi connectivity index (χ0) is 26.4. The van der Waals surface area contributed by atoms with Crippen LogP contribution in [0.1, 0.15) is 41.1 Å². The predicted octanol–water partition coefficient (Wildman–Crippen LogP) is 4.79. The molecule has 1 aliphatic rings. The number of Topliss-reactive ketones (excluding diaryl/α,β-unsaturated/α-hetero) is 1. The molecule has 1 aromatic heterocycles. The first kappa shape index (κ1) is 26.0. The van der Waals surface area contributed by atoms with Crippen molar-refractivity contribution < 1.29 is 28.6 Å². The van der Waals surface area contributed by atoms with E-state index in [4.69, 9.17) is 13.9 Å². The van der Waals surface area contributed by atoms with Crippen LogP contribution in [0.25, 0.3) is 0 Å². The van der Waals surface area contributed by atoms with Crippen LogP contribution in [0.4, 0.5) is 0 Å². The van der Waals surface area contributed by atoms with Crippen molar-refractivity contribution in [2.75, 3.05) is 33.8 Å². The molecule has 1 aliphatic heterocycles. The van der Waals surface area contributed by atoms with Crippen LogP contribution in [0.3, 0.4) is 0 Å². The molecular formula is C29H32N2O6. The van der Waals surface area contributed by atoms with Crippen molar-refractivity contribution in [2.24, 2.45) is 0 Å². The third-order valence-corrected chi connectivity index (χ3v) is 6.12. The van der Waals surface area contributed by atoms with Crippen molar-refractivity contribution in [1.29, 1.82) is 0 Å². The zero-order valence-electron chi connectivity index (χ0n) is 21.3. The SMILES string of the molecule is CCOc1cc(C2C(C(=O)c3ccco3)=C(O)C(=O)N2CCCN(C)C)ccc1OCc1ccccc1. The number of hydrogen-bond acceptors (Lipinski definition) is 7. The van der Waals surface area contributed by atoms with E-state index >= 15 is 0 Å². The van der Waals surface area contributed by atoms with Gasteiger partial charge >= 0.3 is 0 Å². The van der Waals surface area contributed by atoms with Crippen molar-refractivity contribution >= 4 is 11.7 Å². The molecule has 8 nitrogen and oxygen atoms in total. The number of carbonyl (C=O) groups is 2. The van der Waals surface area contributed by atoms with Gasteiger partial charge in [0, 0.05) is 6.54 Å². The van der Waals surface area contributed by atoms with Gasteiger partial charge in [0.25, 0.3) is 5.91 Å². The van der Waals surface area contributed by atoms with Gasteiger partial charge in [0.15, 0.2) is 23.0 Å². The topological polar surface area (TPSA) is 92.5 Å². The first-order valence-corrected chi connectivity index (χ1v) is 12.3. The third-order valence-electron chi connectivity index (χ3n) is 6.12. The molecule has 3 aromatic rings. The Morgan fingerprint density at radius 3 is 2.51 bits per heavy atom. The van der Waals surface area contributed by atoms with Crippen LogP contribution in [0.2, 0.25) is 0 Å². The van der Waals surface area contributed by atoms with Crippen LogP contribution in [-0.4, -0.2) is 60.4 Å². The van der Waals surface area contributed by atoms with Crippen molar-refractivity contribution in [3.63, 3.8) is 0 Å². The number of furan rings is 1. The molecule has 0 bridgehead atoms. The van der Waals surface area contributed by atoms with Gasteiger partial charge in [-0.25, -0.2) is 0 Å². The van der Waals surface area contributed by atoms with E-state index in [0.29, 0.717) is 43.2 Å². The molecule has 2 heterocycles. The Kier molecular flexibility index (Phi) is 8.30. The fourth-order valence-corrected chi connectivity index (χ4v) is 4.38. The predicted molar refractivity (Wildman–Crippen MR) is 139 cm³/mol. The van der Waals surface area contributed by atoms with Gasteiger partial charge in [-0.05, 0) is 69.4 Å². The Morgan fingerprint density at radius 1 is 1.05 bits per heavy atom. The van der Waals surface area contributed by atoms with Crippen LogP contribution in [0.15, 0.2) is 82.7 Å². The fourth-order valence-electron chi connectivity index (χ4n) is 4.38. The summed E-state index contributed by atoms with van der Waals surface area (Å²) in [7, 11) is 3.90. The lowest BCUT2D eigenvalue weighted by Gasteiger charge is -2.28. The summed E-state index contributed by atoms with van der Waals surface area (Å²) in [4.78, 5) is 30.1. The van der Waals surface area contributed by atoms with Gasteiger partial charge in [0.2, 0.25) is 5.78 Å². The summed E-state index contributed by atoms with van der Waals surface area (Å²) in [6.45, 7) is 3.74. The monoisotopic (exact) mass is 504 g/mol. The van der Waals surface area contributed by atoms with E-state index in [1.54, 1.807) is 24.3 Å². The number of aliphatic hydroxyl groups is 1. The second kappa shape index (κ2) is 11.8. The number of rotatable bonds is 12. The number of amides is 1. The molecule has 194 valence electrons. The second-order valence-electron chi connectivity index (χ2n) is 9.04. The number of nitrogens with zero attached hydrogens (tertiary/aromatic N) is 2. The average Bonchev–Trinajstić information content (AvgIpc) is 3.52. The molecule has 0 radical (unpaired) electrons. The van der Waals surface area contributed by atoms with Gasteiger partial charge in [0.1, 0.15) is 6.61 Å². The van der Waals surface area contributed by atoms with Crippen LogP contribution in [0.5, 0.6) is 11.5 Å². The van der Waals surface area contributed by atoms with Crippen molar-refractivity contribution in [1.82, 2.24) is 9.80 Å². The minimum atomic E-state index is -0.797. The third kappa shape index (κ3) is 5.86. The molecule has 1 N–H and O–H groups in total. The molecule has 4 rings (SSSR count). The van der Waals surface area contributed by atoms with E-state index in [-0.39, 0.29) is 11.3 Å². The number of carbonyl (C=O) groups excluding carboxylic acids is 2. The summed E-state index contributed by atoms with van der Waals surface area (Å²) >= 11 is 0. The summed E-state index contributed by atoms with van der Waals surface area (Å²) in [5.41, 5.74) is 1.64. The summed E-state index contributed by atoms with van der Waals surface area (Å²) in [5, 5.41) is 10.8. The fraction of sp³-hybridized carbons (Fsp3) is 0.310. The second-order valence-corrected chi connectivity index (χ2v) is 9.04. The van der Waals surface area contributed by atoms with E-state index in [0.717, 1.165) is 12.1 Å². The number of hydrogen-bond donors (Lipinski definition) is 1. The average molecular weight is 505 g/mol. The van der Waals surface area contributed by atoms with Crippen LogP contribution in [-0.2, 0) is 11.4 Å². The lowest BCUT2D eigenvalue weighted by molar-refractivity contribution is -0.129. The van der Waals surface area contributed by atoms with Gasteiger partial charge in [-0.2, -0.15) is 0 Å². The molecule has 0 saturated heterocycles. The Morgan fingerprint density at radius 2 is 1.84 bits per heavy atom. The largest absolute Gasteiger partial charge is 0.503 e. The highest BCUT2D eigenvalue weighted by atomic mass is 16.5. The number of benzene rings is 2. The van der Waals surface area contributed by atoms with E-state index in [2.05, 4.69) is 0 Å². The quantitative estimate of drug-likeness (QED) is 0.355.